The van der Waals surface area contributed by atoms with Gasteiger partial charge in [-0.15, -0.1) is 0 Å². The average Bonchev–Trinajstić information content (AvgIpc) is 3.08. The van der Waals surface area contributed by atoms with Crippen molar-refractivity contribution < 1.29 is 9.84 Å². The molecule has 124 valence electrons. The Bertz CT molecular complexity index is 739. The SMILES string of the molecule is OCCn1cc(NCc2ccc(OCc3ccccc3)cc2)cn1. The van der Waals surface area contributed by atoms with Crippen LogP contribution < -0.4 is 10.1 Å². The van der Waals surface area contributed by atoms with E-state index in [2.05, 4.69) is 22.5 Å². The first kappa shape index (κ1) is 16.1. The normalized spacial score (nSPS) is 10.5. The fraction of sp³-hybridized carbons (Fsp3) is 0.211. The highest BCUT2D eigenvalue weighted by molar-refractivity contribution is 5.39. The fourth-order valence-electron chi connectivity index (χ4n) is 2.33. The molecule has 2 N–H and O–H groups in total. The van der Waals surface area contributed by atoms with E-state index in [0.717, 1.165) is 22.6 Å². The Balaban J connectivity index is 1.48. The molecule has 0 bridgehead atoms. The second-order valence-corrected chi connectivity index (χ2v) is 5.49. The number of aliphatic hydroxyl groups excluding tert-OH is 1. The molecule has 0 saturated carbocycles. The molecular formula is C19H21N3O2. The molecule has 0 saturated heterocycles. The first-order valence-corrected chi connectivity index (χ1v) is 7.96. The number of nitrogens with zero attached hydrogens (tertiary/aromatic N) is 2. The molecule has 24 heavy (non-hydrogen) atoms. The highest BCUT2D eigenvalue weighted by Crippen LogP contribution is 2.15. The zero-order valence-electron chi connectivity index (χ0n) is 13.4. The number of hydrogen-bond donors (Lipinski definition) is 2. The number of aromatic nitrogens is 2. The predicted molar refractivity (Wildman–Crippen MR) is 93.9 cm³/mol. The molecular weight excluding hydrogens is 302 g/mol. The minimum Gasteiger partial charge on any atom is -0.489 e. The number of hydrogen-bond acceptors (Lipinski definition) is 4. The molecule has 1 aromatic heterocycles. The first-order valence-electron chi connectivity index (χ1n) is 7.96. The quantitative estimate of drug-likeness (QED) is 0.669. The summed E-state index contributed by atoms with van der Waals surface area (Å²) in [6.45, 7) is 1.88. The Morgan fingerprint density at radius 3 is 2.54 bits per heavy atom. The molecule has 1 heterocycles. The van der Waals surface area contributed by atoms with Gasteiger partial charge in [0.05, 0.1) is 25.0 Å². The summed E-state index contributed by atoms with van der Waals surface area (Å²) < 4.78 is 7.49. The van der Waals surface area contributed by atoms with Crippen LogP contribution in [0.25, 0.3) is 0 Å². The van der Waals surface area contributed by atoms with Gasteiger partial charge in [-0.3, -0.25) is 4.68 Å². The fourth-order valence-corrected chi connectivity index (χ4v) is 2.33. The molecule has 5 nitrogen and oxygen atoms in total. The van der Waals surface area contributed by atoms with Crippen molar-refractivity contribution >= 4 is 5.69 Å². The van der Waals surface area contributed by atoms with Gasteiger partial charge in [0.25, 0.3) is 0 Å². The lowest BCUT2D eigenvalue weighted by Crippen LogP contribution is -2.02. The molecule has 0 radical (unpaired) electrons. The van der Waals surface area contributed by atoms with Crippen LogP contribution in [0.3, 0.4) is 0 Å². The molecule has 0 unspecified atom stereocenters. The van der Waals surface area contributed by atoms with E-state index < -0.39 is 0 Å². The summed E-state index contributed by atoms with van der Waals surface area (Å²) in [5, 5.41) is 16.4. The van der Waals surface area contributed by atoms with Crippen LogP contribution in [0.4, 0.5) is 5.69 Å². The smallest absolute Gasteiger partial charge is 0.119 e. The van der Waals surface area contributed by atoms with Gasteiger partial charge in [-0.1, -0.05) is 42.5 Å². The van der Waals surface area contributed by atoms with Crippen LogP contribution in [0.5, 0.6) is 5.75 Å². The lowest BCUT2D eigenvalue weighted by atomic mass is 10.2. The Kier molecular flexibility index (Phi) is 5.48. The third kappa shape index (κ3) is 4.60. The van der Waals surface area contributed by atoms with E-state index in [1.807, 2.05) is 48.7 Å². The van der Waals surface area contributed by atoms with E-state index in [0.29, 0.717) is 19.7 Å². The van der Waals surface area contributed by atoms with Gasteiger partial charge in [0.15, 0.2) is 0 Å². The zero-order chi connectivity index (χ0) is 16.6. The molecule has 0 aliphatic heterocycles. The maximum atomic E-state index is 8.89. The van der Waals surface area contributed by atoms with Crippen molar-refractivity contribution in [2.24, 2.45) is 0 Å². The predicted octanol–water partition coefficient (Wildman–Crippen LogP) is 3.07. The van der Waals surface area contributed by atoms with E-state index in [-0.39, 0.29) is 6.61 Å². The third-order valence-corrected chi connectivity index (χ3v) is 3.63. The van der Waals surface area contributed by atoms with Crippen molar-refractivity contribution in [3.63, 3.8) is 0 Å². The van der Waals surface area contributed by atoms with Gasteiger partial charge in [0.1, 0.15) is 12.4 Å². The third-order valence-electron chi connectivity index (χ3n) is 3.63. The Labute approximate surface area is 141 Å². The van der Waals surface area contributed by atoms with Crippen molar-refractivity contribution in [3.05, 3.63) is 78.1 Å². The Morgan fingerprint density at radius 1 is 1.00 bits per heavy atom. The van der Waals surface area contributed by atoms with Gasteiger partial charge in [-0.2, -0.15) is 5.10 Å². The summed E-state index contributed by atoms with van der Waals surface area (Å²) in [7, 11) is 0. The van der Waals surface area contributed by atoms with Crippen LogP contribution >= 0.6 is 0 Å². The summed E-state index contributed by atoms with van der Waals surface area (Å²) in [5.41, 5.74) is 3.26. The number of anilines is 1. The topological polar surface area (TPSA) is 59.3 Å². The van der Waals surface area contributed by atoms with E-state index >= 15 is 0 Å². The van der Waals surface area contributed by atoms with Gasteiger partial charge in [0, 0.05) is 12.7 Å². The highest BCUT2D eigenvalue weighted by Gasteiger charge is 2.00. The van der Waals surface area contributed by atoms with Crippen molar-refractivity contribution in [3.8, 4) is 5.75 Å². The Morgan fingerprint density at radius 2 is 1.79 bits per heavy atom. The summed E-state index contributed by atoms with van der Waals surface area (Å²) in [4.78, 5) is 0. The summed E-state index contributed by atoms with van der Waals surface area (Å²) in [6.07, 6.45) is 3.64. The lowest BCUT2D eigenvalue weighted by Gasteiger charge is -2.08. The second kappa shape index (κ2) is 8.17. The van der Waals surface area contributed by atoms with Crippen molar-refractivity contribution in [1.29, 1.82) is 0 Å². The summed E-state index contributed by atoms with van der Waals surface area (Å²) in [6, 6.07) is 18.2. The second-order valence-electron chi connectivity index (χ2n) is 5.49. The molecule has 0 aliphatic carbocycles. The van der Waals surface area contributed by atoms with Crippen LogP contribution in [0.1, 0.15) is 11.1 Å². The standard InChI is InChI=1S/C19H21N3O2/c23-11-10-22-14-18(13-21-22)20-12-16-6-8-19(9-7-16)24-15-17-4-2-1-3-5-17/h1-9,13-14,20,23H,10-12,15H2. The zero-order valence-corrected chi connectivity index (χ0v) is 13.4. The molecule has 3 rings (SSSR count). The van der Waals surface area contributed by atoms with Crippen LogP contribution in [-0.2, 0) is 19.7 Å². The van der Waals surface area contributed by atoms with Gasteiger partial charge in [-0.25, -0.2) is 0 Å². The van der Waals surface area contributed by atoms with Gasteiger partial charge in [0.2, 0.25) is 0 Å². The molecule has 0 fully saturated rings. The minimum absolute atomic E-state index is 0.0889. The molecule has 0 spiro atoms. The monoisotopic (exact) mass is 323 g/mol. The molecule has 0 aliphatic rings. The first-order chi connectivity index (χ1) is 11.8. The number of ether oxygens (including phenoxy) is 1. The number of benzene rings is 2. The van der Waals surface area contributed by atoms with Gasteiger partial charge >= 0.3 is 0 Å². The average molecular weight is 323 g/mol. The van der Waals surface area contributed by atoms with Gasteiger partial charge < -0.3 is 15.2 Å². The van der Waals surface area contributed by atoms with Crippen LogP contribution in [0.15, 0.2) is 67.0 Å². The summed E-state index contributed by atoms with van der Waals surface area (Å²) in [5.74, 6) is 0.860. The van der Waals surface area contributed by atoms with Crippen molar-refractivity contribution in [2.45, 2.75) is 19.7 Å². The number of rotatable bonds is 8. The molecule has 5 heteroatoms. The van der Waals surface area contributed by atoms with Gasteiger partial charge in [-0.05, 0) is 23.3 Å². The van der Waals surface area contributed by atoms with Crippen molar-refractivity contribution in [2.75, 3.05) is 11.9 Å². The van der Waals surface area contributed by atoms with E-state index in [1.54, 1.807) is 10.9 Å². The number of aliphatic hydroxyl groups is 1. The molecule has 3 aromatic rings. The molecule has 2 aromatic carbocycles. The van der Waals surface area contributed by atoms with Crippen LogP contribution in [0.2, 0.25) is 0 Å². The van der Waals surface area contributed by atoms with Crippen molar-refractivity contribution in [1.82, 2.24) is 9.78 Å². The maximum Gasteiger partial charge on any atom is 0.119 e. The molecule has 0 atom stereocenters. The maximum absolute atomic E-state index is 8.89. The van der Waals surface area contributed by atoms with Crippen LogP contribution in [0, 0.1) is 0 Å². The van der Waals surface area contributed by atoms with E-state index in [4.69, 9.17) is 9.84 Å². The number of nitrogens with one attached hydrogen (secondary N) is 1. The largest absolute Gasteiger partial charge is 0.489 e. The highest BCUT2D eigenvalue weighted by atomic mass is 16.5. The van der Waals surface area contributed by atoms with E-state index in [1.165, 1.54) is 0 Å². The van der Waals surface area contributed by atoms with Crippen LogP contribution in [-0.4, -0.2) is 21.5 Å². The summed E-state index contributed by atoms with van der Waals surface area (Å²) >= 11 is 0. The van der Waals surface area contributed by atoms with E-state index in [9.17, 15) is 0 Å². The lowest BCUT2D eigenvalue weighted by molar-refractivity contribution is 0.269. The Hall–Kier alpha value is -2.79. The molecule has 0 amide bonds. The minimum atomic E-state index is 0.0889.